The largest absolute Gasteiger partial charge is 0.411 e. The lowest BCUT2D eigenvalue weighted by Gasteiger charge is -2.13. The Labute approximate surface area is 37.5 Å². The number of nitrogens with two attached hydrogens (primary N) is 1. The molecule has 34 valence electrons. The van der Waals surface area contributed by atoms with Crippen molar-refractivity contribution in [3.63, 3.8) is 0 Å². The van der Waals surface area contributed by atoms with Gasteiger partial charge in [0.1, 0.15) is 0 Å². The van der Waals surface area contributed by atoms with Crippen molar-refractivity contribution < 1.29 is 9.76 Å². The Morgan fingerprint density at radius 3 is 2.17 bits per heavy atom. The lowest BCUT2D eigenvalue weighted by molar-refractivity contribution is -0.111. The van der Waals surface area contributed by atoms with Gasteiger partial charge in [-0.25, -0.2) is 0 Å². The van der Waals surface area contributed by atoms with Crippen LogP contribution in [0.25, 0.3) is 0 Å². The zero-order chi connectivity index (χ0) is 5.21. The van der Waals surface area contributed by atoms with Crippen LogP contribution in [-0.4, -0.2) is 19.1 Å². The van der Waals surface area contributed by atoms with Crippen LogP contribution in [0, 0.1) is 0 Å². The third kappa shape index (κ3) is 3.94. The van der Waals surface area contributed by atoms with E-state index in [1.165, 1.54) is 6.92 Å². The smallest absolute Gasteiger partial charge is 0.288 e. The molecule has 0 bridgehead atoms. The quantitative estimate of drug-likeness (QED) is 0.309. The van der Waals surface area contributed by atoms with Crippen molar-refractivity contribution in [2.24, 2.45) is 5.73 Å². The molecule has 0 saturated carbocycles. The van der Waals surface area contributed by atoms with E-state index in [9.17, 15) is 0 Å². The Balaban J connectivity index is 3.17. The first-order valence-electron chi connectivity index (χ1n) is 1.45. The van der Waals surface area contributed by atoms with Crippen LogP contribution in [0.3, 0.4) is 0 Å². The maximum absolute atomic E-state index is 8.26. The van der Waals surface area contributed by atoms with Gasteiger partial charge in [0, 0.05) is 6.92 Å². The van der Waals surface area contributed by atoms with E-state index in [-0.39, 0.29) is 0 Å². The van der Waals surface area contributed by atoms with Crippen LogP contribution in [0.5, 0.6) is 0 Å². The second-order valence-corrected chi connectivity index (χ2v) is 1.17. The van der Waals surface area contributed by atoms with Gasteiger partial charge in [-0.3, -0.25) is 5.73 Å². The van der Waals surface area contributed by atoms with Crippen LogP contribution in [0.15, 0.2) is 0 Å². The Hall–Kier alpha value is -0.0551. The summed E-state index contributed by atoms with van der Waals surface area (Å²) in [5, 5.41) is 8.26. The molecule has 0 rings (SSSR count). The molecule has 2 radical (unpaired) electrons. The fourth-order valence-electron chi connectivity index (χ4n) is 0. The molecule has 1 unspecified atom stereocenters. The third-order valence-electron chi connectivity index (χ3n) is 0.239. The number of hydrogen-bond donors (Lipinski definition) is 2. The lowest BCUT2D eigenvalue weighted by atomic mass is 10.5. The molecule has 0 aliphatic carbocycles. The standard InChI is InChI=1S/C2H6BNO2/c1-2(4,5)6-3/h5H,4H2,1H3. The first kappa shape index (κ1) is 5.94. The van der Waals surface area contributed by atoms with E-state index in [1.807, 2.05) is 0 Å². The van der Waals surface area contributed by atoms with Gasteiger partial charge in [-0.2, -0.15) is 0 Å². The summed E-state index contributed by atoms with van der Waals surface area (Å²) in [6, 6.07) is 0. The first-order valence-corrected chi connectivity index (χ1v) is 1.45. The Morgan fingerprint density at radius 1 is 2.00 bits per heavy atom. The summed E-state index contributed by atoms with van der Waals surface area (Å²) < 4.78 is 3.77. The fourth-order valence-corrected chi connectivity index (χ4v) is 0. The second kappa shape index (κ2) is 1.60. The highest BCUT2D eigenvalue weighted by atomic mass is 16.6. The monoisotopic (exact) mass is 87.0 g/mol. The van der Waals surface area contributed by atoms with Gasteiger partial charge in [0.2, 0.25) is 5.91 Å². The second-order valence-electron chi connectivity index (χ2n) is 1.17. The van der Waals surface area contributed by atoms with E-state index in [4.69, 9.17) is 10.8 Å². The summed E-state index contributed by atoms with van der Waals surface area (Å²) >= 11 is 0. The van der Waals surface area contributed by atoms with E-state index in [0.29, 0.717) is 0 Å². The van der Waals surface area contributed by atoms with Crippen molar-refractivity contribution in [3.8, 4) is 0 Å². The van der Waals surface area contributed by atoms with Gasteiger partial charge in [0.25, 0.3) is 8.05 Å². The zero-order valence-corrected chi connectivity index (χ0v) is 3.51. The lowest BCUT2D eigenvalue weighted by Crippen LogP contribution is -2.37. The molecule has 6 heavy (non-hydrogen) atoms. The molecule has 0 saturated heterocycles. The maximum Gasteiger partial charge on any atom is 0.288 e. The third-order valence-corrected chi connectivity index (χ3v) is 0.239. The molecule has 1 atom stereocenters. The molecule has 0 aliphatic rings. The van der Waals surface area contributed by atoms with Crippen molar-refractivity contribution >= 4 is 8.05 Å². The van der Waals surface area contributed by atoms with Gasteiger partial charge in [0.05, 0.1) is 0 Å². The van der Waals surface area contributed by atoms with Gasteiger partial charge in [-0.15, -0.1) is 0 Å². The molecular formula is C2H6BNO2. The van der Waals surface area contributed by atoms with E-state index in [1.54, 1.807) is 0 Å². The molecular weight excluding hydrogens is 80.8 g/mol. The van der Waals surface area contributed by atoms with E-state index in [2.05, 4.69) is 12.7 Å². The van der Waals surface area contributed by atoms with E-state index >= 15 is 0 Å². The molecule has 0 aromatic heterocycles. The highest BCUT2D eigenvalue weighted by Crippen LogP contribution is 1.86. The molecule has 0 aromatic carbocycles. The van der Waals surface area contributed by atoms with Gasteiger partial charge >= 0.3 is 0 Å². The van der Waals surface area contributed by atoms with Crippen LogP contribution in [0.2, 0.25) is 0 Å². The normalized spacial score (nSPS) is 19.8. The average Bonchev–Trinajstić information content (AvgIpc) is 1.35. The maximum atomic E-state index is 8.26. The fraction of sp³-hybridized carbons (Fsp3) is 1.00. The van der Waals surface area contributed by atoms with Crippen molar-refractivity contribution in [1.29, 1.82) is 0 Å². The van der Waals surface area contributed by atoms with Gasteiger partial charge < -0.3 is 9.76 Å². The molecule has 0 heterocycles. The average molecular weight is 86.9 g/mol. The van der Waals surface area contributed by atoms with E-state index < -0.39 is 5.91 Å². The van der Waals surface area contributed by atoms with Crippen molar-refractivity contribution in [2.75, 3.05) is 0 Å². The van der Waals surface area contributed by atoms with Crippen molar-refractivity contribution in [3.05, 3.63) is 0 Å². The highest BCUT2D eigenvalue weighted by Gasteiger charge is 2.06. The topological polar surface area (TPSA) is 55.5 Å². The van der Waals surface area contributed by atoms with Crippen LogP contribution in [0.1, 0.15) is 6.92 Å². The summed E-state index contributed by atoms with van der Waals surface area (Å²) in [5.74, 6) is -1.68. The molecule has 4 heteroatoms. The Kier molecular flexibility index (Phi) is 1.58. The summed E-state index contributed by atoms with van der Waals surface area (Å²) in [7, 11) is 4.43. The van der Waals surface area contributed by atoms with Crippen molar-refractivity contribution in [1.82, 2.24) is 0 Å². The Morgan fingerprint density at radius 2 is 2.17 bits per heavy atom. The Bertz CT molecular complexity index is 41.3. The van der Waals surface area contributed by atoms with Crippen LogP contribution < -0.4 is 5.73 Å². The van der Waals surface area contributed by atoms with Crippen molar-refractivity contribution in [2.45, 2.75) is 12.8 Å². The summed E-state index contributed by atoms with van der Waals surface area (Å²) in [5.41, 5.74) is 4.74. The minimum absolute atomic E-state index is 1.23. The molecule has 0 aliphatic heterocycles. The van der Waals surface area contributed by atoms with E-state index in [0.717, 1.165) is 0 Å². The minimum atomic E-state index is -1.68. The van der Waals surface area contributed by atoms with Gasteiger partial charge in [-0.05, 0) is 0 Å². The van der Waals surface area contributed by atoms with Gasteiger partial charge in [0.15, 0.2) is 0 Å². The minimum Gasteiger partial charge on any atom is -0.411 e. The molecule has 3 N–H and O–H groups in total. The SMILES string of the molecule is [B]OC(C)(N)O. The number of rotatable bonds is 1. The molecule has 0 fully saturated rings. The van der Waals surface area contributed by atoms with Gasteiger partial charge in [-0.1, -0.05) is 0 Å². The predicted molar refractivity (Wildman–Crippen MR) is 21.7 cm³/mol. The van der Waals surface area contributed by atoms with Crippen LogP contribution in [-0.2, 0) is 4.65 Å². The summed E-state index contributed by atoms with van der Waals surface area (Å²) in [4.78, 5) is 0. The first-order chi connectivity index (χ1) is 2.56. The molecule has 3 nitrogen and oxygen atoms in total. The van der Waals surface area contributed by atoms with Crippen LogP contribution in [0.4, 0.5) is 0 Å². The molecule has 0 spiro atoms. The summed E-state index contributed by atoms with van der Waals surface area (Å²) in [6.07, 6.45) is 0. The highest BCUT2D eigenvalue weighted by molar-refractivity contribution is 5.98. The number of aliphatic hydroxyl groups is 1. The summed E-state index contributed by atoms with van der Waals surface area (Å²) in [6.45, 7) is 1.23. The zero-order valence-electron chi connectivity index (χ0n) is 3.51. The predicted octanol–water partition coefficient (Wildman–Crippen LogP) is -1.29. The van der Waals surface area contributed by atoms with Crippen LogP contribution >= 0.6 is 0 Å². The number of hydrogen-bond acceptors (Lipinski definition) is 3. The molecule has 0 amide bonds. The molecule has 0 aromatic rings.